The lowest BCUT2D eigenvalue weighted by Crippen LogP contribution is -2.08. The molecular formula is C20H17F2N3O. The first-order valence-corrected chi connectivity index (χ1v) is 7.97. The monoisotopic (exact) mass is 353 g/mol. The average Bonchev–Trinajstić information content (AvgIpc) is 2.95. The minimum atomic E-state index is -0.593. The highest BCUT2D eigenvalue weighted by Gasteiger charge is 2.07. The van der Waals surface area contributed by atoms with Gasteiger partial charge in [-0.05, 0) is 43.3 Å². The van der Waals surface area contributed by atoms with E-state index in [1.165, 1.54) is 12.2 Å². The molecule has 0 aliphatic carbocycles. The van der Waals surface area contributed by atoms with Gasteiger partial charge in [-0.3, -0.25) is 4.79 Å². The van der Waals surface area contributed by atoms with E-state index >= 15 is 0 Å². The van der Waals surface area contributed by atoms with Gasteiger partial charge in [-0.2, -0.15) is 0 Å². The van der Waals surface area contributed by atoms with Crippen molar-refractivity contribution in [3.8, 4) is 11.3 Å². The van der Waals surface area contributed by atoms with Crippen LogP contribution in [0.5, 0.6) is 0 Å². The zero-order valence-electron chi connectivity index (χ0n) is 14.3. The zero-order valence-corrected chi connectivity index (χ0v) is 14.3. The fourth-order valence-corrected chi connectivity index (χ4v) is 2.52. The van der Waals surface area contributed by atoms with E-state index in [0.717, 1.165) is 35.3 Å². The van der Waals surface area contributed by atoms with Crippen LogP contribution in [0.4, 0.5) is 14.5 Å². The Kier molecular flexibility index (Phi) is 4.93. The number of rotatable bonds is 4. The Hall–Kier alpha value is -3.28. The van der Waals surface area contributed by atoms with Gasteiger partial charge >= 0.3 is 0 Å². The van der Waals surface area contributed by atoms with Crippen LogP contribution in [0, 0.1) is 18.6 Å². The van der Waals surface area contributed by atoms with E-state index in [0.29, 0.717) is 5.69 Å². The molecule has 0 bridgehead atoms. The highest BCUT2D eigenvalue weighted by molar-refractivity contribution is 6.02. The molecule has 4 nitrogen and oxygen atoms in total. The number of nitrogens with one attached hydrogen (secondary N) is 1. The Labute approximate surface area is 149 Å². The fraction of sp³-hybridized carbons (Fsp3) is 0.100. The van der Waals surface area contributed by atoms with Gasteiger partial charge in [-0.25, -0.2) is 13.8 Å². The summed E-state index contributed by atoms with van der Waals surface area (Å²) in [6.07, 6.45) is 4.17. The predicted molar refractivity (Wildman–Crippen MR) is 97.4 cm³/mol. The molecule has 26 heavy (non-hydrogen) atoms. The van der Waals surface area contributed by atoms with Gasteiger partial charge in [-0.1, -0.05) is 12.1 Å². The first-order valence-electron chi connectivity index (χ1n) is 7.97. The van der Waals surface area contributed by atoms with Crippen LogP contribution in [0.15, 0.2) is 54.7 Å². The number of aromatic nitrogens is 2. The third-order valence-electron chi connectivity index (χ3n) is 4.02. The van der Waals surface area contributed by atoms with Gasteiger partial charge in [0, 0.05) is 29.9 Å². The second-order valence-electron chi connectivity index (χ2n) is 5.82. The number of imidazole rings is 1. The van der Waals surface area contributed by atoms with Crippen molar-refractivity contribution in [3.05, 3.63) is 77.8 Å². The second-order valence-corrected chi connectivity index (χ2v) is 5.82. The number of hydrogen-bond acceptors (Lipinski definition) is 2. The van der Waals surface area contributed by atoms with Crippen LogP contribution >= 0.6 is 0 Å². The molecule has 1 aromatic heterocycles. The second kappa shape index (κ2) is 7.31. The van der Waals surface area contributed by atoms with Crippen molar-refractivity contribution < 1.29 is 13.6 Å². The zero-order chi connectivity index (χ0) is 18.7. The number of carbonyl (C=O) groups is 1. The molecule has 1 heterocycles. The first-order chi connectivity index (χ1) is 12.4. The van der Waals surface area contributed by atoms with Gasteiger partial charge in [0.15, 0.2) is 0 Å². The third-order valence-corrected chi connectivity index (χ3v) is 4.02. The summed E-state index contributed by atoms with van der Waals surface area (Å²) < 4.78 is 28.7. The lowest BCUT2D eigenvalue weighted by atomic mass is 10.1. The maximum absolute atomic E-state index is 13.6. The minimum Gasteiger partial charge on any atom is -0.331 e. The summed E-state index contributed by atoms with van der Waals surface area (Å²) in [5.41, 5.74) is 2.44. The van der Waals surface area contributed by atoms with Crippen molar-refractivity contribution in [2.75, 3.05) is 5.32 Å². The number of anilines is 1. The quantitative estimate of drug-likeness (QED) is 0.710. The number of halogens is 2. The van der Waals surface area contributed by atoms with Gasteiger partial charge in [0.1, 0.15) is 17.5 Å². The van der Waals surface area contributed by atoms with Gasteiger partial charge in [0.2, 0.25) is 5.91 Å². The van der Waals surface area contributed by atoms with Crippen LogP contribution in [0.2, 0.25) is 0 Å². The normalized spacial score (nSPS) is 11.1. The molecule has 0 fully saturated rings. The molecule has 6 heteroatoms. The van der Waals surface area contributed by atoms with Crippen LogP contribution in [0.1, 0.15) is 11.4 Å². The SMILES string of the molecule is Cc1ncc(-c2cccc(NC(=O)C=Cc3cc(F)ccc3F)c2)n1C. The van der Waals surface area contributed by atoms with Crippen molar-refractivity contribution in [2.24, 2.45) is 7.05 Å². The first kappa shape index (κ1) is 17.5. The number of benzene rings is 2. The summed E-state index contributed by atoms with van der Waals surface area (Å²) >= 11 is 0. The predicted octanol–water partition coefficient (Wildman–Crippen LogP) is 4.33. The Morgan fingerprint density at radius 1 is 1.19 bits per heavy atom. The summed E-state index contributed by atoms with van der Waals surface area (Å²) in [6, 6.07) is 10.4. The number of carbonyl (C=O) groups excluding carboxylic acids is 1. The smallest absolute Gasteiger partial charge is 0.248 e. The Morgan fingerprint density at radius 3 is 2.73 bits per heavy atom. The Bertz CT molecular complexity index is 992. The molecule has 0 atom stereocenters. The van der Waals surface area contributed by atoms with Crippen LogP contribution in [-0.4, -0.2) is 15.5 Å². The molecule has 0 saturated heterocycles. The third kappa shape index (κ3) is 3.85. The van der Waals surface area contributed by atoms with E-state index in [4.69, 9.17) is 0 Å². The lowest BCUT2D eigenvalue weighted by molar-refractivity contribution is -0.111. The summed E-state index contributed by atoms with van der Waals surface area (Å²) in [4.78, 5) is 16.3. The fourth-order valence-electron chi connectivity index (χ4n) is 2.52. The molecule has 0 aliphatic rings. The van der Waals surface area contributed by atoms with Crippen LogP contribution in [0.3, 0.4) is 0 Å². The minimum absolute atomic E-state index is 0.0132. The standard InChI is InChI=1S/C20H17F2N3O/c1-13-23-12-19(25(13)2)15-4-3-5-17(11-15)24-20(26)9-6-14-10-16(21)7-8-18(14)22/h3-12H,1-2H3,(H,24,26). The van der Waals surface area contributed by atoms with Gasteiger partial charge < -0.3 is 9.88 Å². The van der Waals surface area contributed by atoms with E-state index in [2.05, 4.69) is 10.3 Å². The Balaban J connectivity index is 1.76. The molecule has 0 saturated carbocycles. The lowest BCUT2D eigenvalue weighted by Gasteiger charge is -2.07. The topological polar surface area (TPSA) is 46.9 Å². The van der Waals surface area contributed by atoms with Gasteiger partial charge in [0.05, 0.1) is 11.9 Å². The molecule has 1 amide bonds. The van der Waals surface area contributed by atoms with Crippen LogP contribution in [-0.2, 0) is 11.8 Å². The van der Waals surface area contributed by atoms with E-state index in [1.54, 1.807) is 12.3 Å². The maximum atomic E-state index is 13.6. The molecule has 2 aromatic carbocycles. The molecular weight excluding hydrogens is 336 g/mol. The summed E-state index contributed by atoms with van der Waals surface area (Å²) in [5.74, 6) is -0.712. The Morgan fingerprint density at radius 2 is 2.00 bits per heavy atom. The summed E-state index contributed by atoms with van der Waals surface area (Å²) in [5, 5.41) is 2.71. The molecule has 0 radical (unpaired) electrons. The molecule has 0 unspecified atom stereocenters. The van der Waals surface area contributed by atoms with E-state index in [9.17, 15) is 13.6 Å². The van der Waals surface area contributed by atoms with E-state index in [-0.39, 0.29) is 5.56 Å². The van der Waals surface area contributed by atoms with E-state index < -0.39 is 17.5 Å². The maximum Gasteiger partial charge on any atom is 0.248 e. The van der Waals surface area contributed by atoms with Crippen molar-refractivity contribution in [2.45, 2.75) is 6.92 Å². The van der Waals surface area contributed by atoms with Crippen molar-refractivity contribution >= 4 is 17.7 Å². The van der Waals surface area contributed by atoms with Crippen LogP contribution < -0.4 is 5.32 Å². The molecule has 1 N–H and O–H groups in total. The number of amides is 1. The molecule has 132 valence electrons. The van der Waals surface area contributed by atoms with Crippen molar-refractivity contribution in [1.29, 1.82) is 0 Å². The number of aryl methyl sites for hydroxylation is 1. The van der Waals surface area contributed by atoms with Gasteiger partial charge in [-0.15, -0.1) is 0 Å². The highest BCUT2D eigenvalue weighted by Crippen LogP contribution is 2.23. The molecule has 3 rings (SSSR count). The van der Waals surface area contributed by atoms with Crippen molar-refractivity contribution in [3.63, 3.8) is 0 Å². The molecule has 3 aromatic rings. The highest BCUT2D eigenvalue weighted by atomic mass is 19.1. The largest absolute Gasteiger partial charge is 0.331 e. The number of hydrogen-bond donors (Lipinski definition) is 1. The average molecular weight is 353 g/mol. The van der Waals surface area contributed by atoms with Crippen molar-refractivity contribution in [1.82, 2.24) is 9.55 Å². The van der Waals surface area contributed by atoms with Crippen LogP contribution in [0.25, 0.3) is 17.3 Å². The van der Waals surface area contributed by atoms with Gasteiger partial charge in [0.25, 0.3) is 0 Å². The number of nitrogens with zero attached hydrogens (tertiary/aromatic N) is 2. The van der Waals surface area contributed by atoms with E-state index in [1.807, 2.05) is 36.7 Å². The summed E-state index contributed by atoms with van der Waals surface area (Å²) in [6.45, 7) is 1.91. The summed E-state index contributed by atoms with van der Waals surface area (Å²) in [7, 11) is 1.92. The molecule has 0 aliphatic heterocycles. The molecule has 0 spiro atoms.